The molecule has 184 valence electrons. The monoisotopic (exact) mass is 485 g/mol. The standard InChI is InChI=1S/C27H28FN7O/c28-20-11-19(13-30-14-20)24-7-9-31-35(24)25(36)27-16-26(17-27,18-27)8-3-1-2-4-10-34-15-23-22(33-34)6-5-21(12-29)32-23/h5-6,9,11,13-15,24H,1-4,7-8,10,16-18H2. The summed E-state index contributed by atoms with van der Waals surface area (Å²) >= 11 is 0. The predicted octanol–water partition coefficient (Wildman–Crippen LogP) is 4.92. The van der Waals surface area contributed by atoms with Gasteiger partial charge in [-0.3, -0.25) is 14.5 Å². The quantitative estimate of drug-likeness (QED) is 0.401. The Bertz CT molecular complexity index is 1370. The molecule has 3 saturated carbocycles. The minimum absolute atomic E-state index is 0.0929. The van der Waals surface area contributed by atoms with Gasteiger partial charge in [-0.25, -0.2) is 14.4 Å². The van der Waals surface area contributed by atoms with Gasteiger partial charge in [0.25, 0.3) is 0 Å². The van der Waals surface area contributed by atoms with Crippen molar-refractivity contribution in [2.24, 2.45) is 15.9 Å². The molecule has 2 bridgehead atoms. The third kappa shape index (κ3) is 3.94. The van der Waals surface area contributed by atoms with E-state index in [1.54, 1.807) is 23.5 Å². The van der Waals surface area contributed by atoms with Crippen molar-refractivity contribution < 1.29 is 9.18 Å². The van der Waals surface area contributed by atoms with Crippen molar-refractivity contribution in [2.45, 2.75) is 70.4 Å². The number of rotatable bonds is 9. The van der Waals surface area contributed by atoms with Crippen LogP contribution in [-0.2, 0) is 11.3 Å². The first-order valence-corrected chi connectivity index (χ1v) is 12.7. The van der Waals surface area contributed by atoms with Crippen molar-refractivity contribution in [1.82, 2.24) is 24.8 Å². The van der Waals surface area contributed by atoms with E-state index in [1.807, 2.05) is 16.9 Å². The second-order valence-electron chi connectivity index (χ2n) is 10.7. The second-order valence-corrected chi connectivity index (χ2v) is 10.7. The Hall–Kier alpha value is -3.67. The highest BCUT2D eigenvalue weighted by molar-refractivity contribution is 5.88. The maximum absolute atomic E-state index is 13.6. The zero-order valence-electron chi connectivity index (χ0n) is 20.1. The Morgan fingerprint density at radius 2 is 1.97 bits per heavy atom. The minimum Gasteiger partial charge on any atom is -0.272 e. The fourth-order valence-corrected chi connectivity index (χ4v) is 6.49. The first kappa shape index (κ1) is 22.8. The van der Waals surface area contributed by atoms with Gasteiger partial charge in [-0.1, -0.05) is 19.3 Å². The van der Waals surface area contributed by atoms with Crippen LogP contribution < -0.4 is 0 Å². The lowest BCUT2D eigenvalue weighted by Crippen LogP contribution is -2.67. The van der Waals surface area contributed by atoms with Gasteiger partial charge in [-0.15, -0.1) is 0 Å². The van der Waals surface area contributed by atoms with Crippen molar-refractivity contribution in [1.29, 1.82) is 5.26 Å². The van der Waals surface area contributed by atoms with E-state index >= 15 is 0 Å². The summed E-state index contributed by atoms with van der Waals surface area (Å²) in [6.45, 7) is 0.847. The molecule has 4 aliphatic rings. The lowest BCUT2D eigenvalue weighted by molar-refractivity contribution is -0.220. The van der Waals surface area contributed by atoms with Gasteiger partial charge in [0.15, 0.2) is 0 Å². The maximum atomic E-state index is 13.6. The number of pyridine rings is 2. The summed E-state index contributed by atoms with van der Waals surface area (Å²) in [5.74, 6) is -0.295. The molecule has 3 fully saturated rings. The first-order chi connectivity index (χ1) is 17.5. The van der Waals surface area contributed by atoms with Gasteiger partial charge >= 0.3 is 0 Å². The summed E-state index contributed by atoms with van der Waals surface area (Å²) < 4.78 is 15.6. The van der Waals surface area contributed by atoms with Crippen LogP contribution in [0.3, 0.4) is 0 Å². The van der Waals surface area contributed by atoms with Crippen LogP contribution >= 0.6 is 0 Å². The number of hydrazone groups is 1. The lowest BCUT2D eigenvalue weighted by Gasteiger charge is -2.70. The number of aryl methyl sites for hydroxylation is 1. The molecule has 1 unspecified atom stereocenters. The third-order valence-corrected chi connectivity index (χ3v) is 8.11. The van der Waals surface area contributed by atoms with Crippen LogP contribution in [0.25, 0.3) is 11.0 Å². The topological polar surface area (TPSA) is 100 Å². The summed E-state index contributed by atoms with van der Waals surface area (Å²) in [6, 6.07) is 6.80. The number of unbranched alkanes of at least 4 members (excludes halogenated alkanes) is 3. The minimum atomic E-state index is -0.388. The summed E-state index contributed by atoms with van der Waals surface area (Å²) in [6.07, 6.45) is 15.7. The van der Waals surface area contributed by atoms with Gasteiger partial charge in [-0.2, -0.15) is 15.5 Å². The Morgan fingerprint density at radius 3 is 2.78 bits per heavy atom. The Morgan fingerprint density at radius 1 is 1.14 bits per heavy atom. The van der Waals surface area contributed by atoms with Gasteiger partial charge in [-0.05, 0) is 61.3 Å². The number of nitrogens with zero attached hydrogens (tertiary/aromatic N) is 7. The highest BCUT2D eigenvalue weighted by Crippen LogP contribution is 2.76. The Balaban J connectivity index is 0.932. The average Bonchev–Trinajstić information content (AvgIpc) is 3.47. The summed E-state index contributed by atoms with van der Waals surface area (Å²) in [7, 11) is 0. The molecule has 3 aromatic heterocycles. The molecule has 4 heterocycles. The molecule has 1 aliphatic heterocycles. The van der Waals surface area contributed by atoms with E-state index < -0.39 is 0 Å². The number of hydrogen-bond donors (Lipinski definition) is 0. The molecule has 3 aromatic rings. The van der Waals surface area contributed by atoms with E-state index in [4.69, 9.17) is 5.26 Å². The molecule has 3 aliphatic carbocycles. The number of aromatic nitrogens is 4. The Labute approximate surface area is 208 Å². The zero-order chi connectivity index (χ0) is 24.8. The van der Waals surface area contributed by atoms with Gasteiger partial charge in [0.05, 0.1) is 23.9 Å². The Kier molecular flexibility index (Phi) is 5.55. The molecule has 1 amide bonds. The van der Waals surface area contributed by atoms with Gasteiger partial charge in [0, 0.05) is 25.4 Å². The molecule has 0 N–H and O–H groups in total. The highest BCUT2D eigenvalue weighted by atomic mass is 19.1. The van der Waals surface area contributed by atoms with E-state index in [2.05, 4.69) is 26.2 Å². The fourth-order valence-electron chi connectivity index (χ4n) is 6.49. The molecule has 0 saturated heterocycles. The molecule has 1 atom stereocenters. The number of fused-ring (bicyclic) bond motifs is 1. The van der Waals surface area contributed by atoms with E-state index in [0.717, 1.165) is 49.7 Å². The molecule has 0 spiro atoms. The van der Waals surface area contributed by atoms with Crippen LogP contribution in [0.4, 0.5) is 4.39 Å². The van der Waals surface area contributed by atoms with Crippen LogP contribution in [0.5, 0.6) is 0 Å². The molecular weight excluding hydrogens is 457 g/mol. The van der Waals surface area contributed by atoms with Crippen LogP contribution in [-0.4, -0.2) is 36.9 Å². The van der Waals surface area contributed by atoms with E-state index in [1.165, 1.54) is 31.5 Å². The second kappa shape index (κ2) is 8.77. The van der Waals surface area contributed by atoms with E-state index in [-0.39, 0.29) is 23.2 Å². The predicted molar refractivity (Wildman–Crippen MR) is 131 cm³/mol. The van der Waals surface area contributed by atoms with Gasteiger partial charge in [0.2, 0.25) is 5.91 Å². The third-order valence-electron chi connectivity index (χ3n) is 8.11. The number of carbonyl (C=O) groups excluding carboxylic acids is 1. The molecule has 36 heavy (non-hydrogen) atoms. The lowest BCUT2D eigenvalue weighted by atomic mass is 9.33. The van der Waals surface area contributed by atoms with Crippen LogP contribution in [0.15, 0.2) is 41.9 Å². The summed E-state index contributed by atoms with van der Waals surface area (Å²) in [4.78, 5) is 21.5. The number of amides is 1. The van der Waals surface area contributed by atoms with Crippen molar-refractivity contribution in [3.05, 3.63) is 53.9 Å². The summed E-state index contributed by atoms with van der Waals surface area (Å²) in [5, 5.41) is 19.4. The molecule has 0 radical (unpaired) electrons. The molecule has 9 heteroatoms. The van der Waals surface area contributed by atoms with Gasteiger partial charge in [0.1, 0.15) is 28.6 Å². The normalized spacial score (nSPS) is 26.0. The highest BCUT2D eigenvalue weighted by Gasteiger charge is 2.71. The average molecular weight is 486 g/mol. The van der Waals surface area contributed by atoms with Gasteiger partial charge < -0.3 is 0 Å². The van der Waals surface area contributed by atoms with Crippen LogP contribution in [0.2, 0.25) is 0 Å². The van der Waals surface area contributed by atoms with E-state index in [9.17, 15) is 9.18 Å². The fraction of sp³-hybridized carbons (Fsp3) is 0.481. The molecule has 0 aromatic carbocycles. The van der Waals surface area contributed by atoms with Crippen LogP contribution in [0, 0.1) is 28.0 Å². The first-order valence-electron chi connectivity index (χ1n) is 12.7. The van der Waals surface area contributed by atoms with Crippen molar-refractivity contribution in [2.75, 3.05) is 0 Å². The smallest absolute Gasteiger partial charge is 0.249 e. The van der Waals surface area contributed by atoms with Crippen molar-refractivity contribution >= 4 is 23.2 Å². The SMILES string of the molecule is N#Cc1ccc2nn(CCCCCCC34CC(C(=O)N5N=CCC5c5cncc(F)c5)(C3)C4)cc2n1. The van der Waals surface area contributed by atoms with Crippen molar-refractivity contribution in [3.63, 3.8) is 0 Å². The number of halogens is 1. The molecule has 8 nitrogen and oxygen atoms in total. The maximum Gasteiger partial charge on any atom is 0.249 e. The largest absolute Gasteiger partial charge is 0.272 e. The molecule has 7 rings (SSSR count). The van der Waals surface area contributed by atoms with Crippen molar-refractivity contribution in [3.8, 4) is 6.07 Å². The van der Waals surface area contributed by atoms with Crippen LogP contribution in [0.1, 0.15) is 75.1 Å². The number of carbonyl (C=O) groups is 1. The number of hydrogen-bond acceptors (Lipinski definition) is 6. The van der Waals surface area contributed by atoms with E-state index in [0.29, 0.717) is 23.1 Å². The molecular formula is C27H28FN7O. The zero-order valence-corrected chi connectivity index (χ0v) is 20.1. The summed E-state index contributed by atoms with van der Waals surface area (Å²) in [5.41, 5.74) is 2.77. The number of nitriles is 1.